The first kappa shape index (κ1) is 18.5. The lowest BCUT2D eigenvalue weighted by Crippen LogP contribution is -2.45. The molecule has 138 valence electrons. The van der Waals surface area contributed by atoms with Crippen LogP contribution in [0.25, 0.3) is 0 Å². The Hall–Kier alpha value is -2.34. The molecule has 3 rings (SSSR count). The second-order valence-corrected chi connectivity index (χ2v) is 7.25. The van der Waals surface area contributed by atoms with E-state index in [0.717, 1.165) is 18.4 Å². The number of hydrogen-bond acceptors (Lipinski definition) is 3. The minimum atomic E-state index is -0.165. The summed E-state index contributed by atoms with van der Waals surface area (Å²) in [6.07, 6.45) is 5.30. The molecule has 1 aliphatic rings. The minimum Gasteiger partial charge on any atom is -0.341 e. The molecule has 0 radical (unpaired) electrons. The van der Waals surface area contributed by atoms with Crippen LogP contribution >= 0.6 is 11.6 Å². The molecular formula is C19H23ClN4O2. The number of aryl methyl sites for hydroxylation is 1. The van der Waals surface area contributed by atoms with Crippen LogP contribution in [0.5, 0.6) is 0 Å². The maximum Gasteiger partial charge on any atom is 0.253 e. The van der Waals surface area contributed by atoms with Gasteiger partial charge in [0.15, 0.2) is 0 Å². The van der Waals surface area contributed by atoms with Crippen LogP contribution in [0.1, 0.15) is 28.8 Å². The number of piperidine rings is 1. The maximum absolute atomic E-state index is 12.8. The highest BCUT2D eigenvalue weighted by Crippen LogP contribution is 2.21. The van der Waals surface area contributed by atoms with E-state index < -0.39 is 0 Å². The summed E-state index contributed by atoms with van der Waals surface area (Å²) in [5.41, 5.74) is 1.60. The number of amides is 2. The van der Waals surface area contributed by atoms with Gasteiger partial charge in [-0.2, -0.15) is 5.10 Å². The van der Waals surface area contributed by atoms with E-state index >= 15 is 0 Å². The highest BCUT2D eigenvalue weighted by Gasteiger charge is 2.30. The first-order valence-electron chi connectivity index (χ1n) is 8.71. The van der Waals surface area contributed by atoms with Crippen molar-refractivity contribution < 1.29 is 9.59 Å². The molecule has 0 saturated carbocycles. The summed E-state index contributed by atoms with van der Waals surface area (Å²) in [7, 11) is 3.65. The average molecular weight is 375 g/mol. The molecule has 6 nitrogen and oxygen atoms in total. The Kier molecular flexibility index (Phi) is 5.61. The number of halogens is 1. The summed E-state index contributed by atoms with van der Waals surface area (Å²) < 4.78 is 1.72. The Labute approximate surface area is 158 Å². The van der Waals surface area contributed by atoms with Gasteiger partial charge >= 0.3 is 0 Å². The van der Waals surface area contributed by atoms with Crippen LogP contribution in [-0.2, 0) is 18.4 Å². The van der Waals surface area contributed by atoms with Crippen molar-refractivity contribution in [1.29, 1.82) is 0 Å². The highest BCUT2D eigenvalue weighted by molar-refractivity contribution is 6.30. The first-order valence-corrected chi connectivity index (χ1v) is 9.09. The predicted octanol–water partition coefficient (Wildman–Crippen LogP) is 2.58. The van der Waals surface area contributed by atoms with Crippen LogP contribution in [0.2, 0.25) is 5.02 Å². The zero-order chi connectivity index (χ0) is 18.7. The molecule has 2 aromatic rings. The zero-order valence-electron chi connectivity index (χ0n) is 15.1. The summed E-state index contributed by atoms with van der Waals surface area (Å²) in [6.45, 7) is 1.66. The van der Waals surface area contributed by atoms with Gasteiger partial charge in [0, 0.05) is 56.1 Å². The van der Waals surface area contributed by atoms with Gasteiger partial charge in [0.05, 0.1) is 12.1 Å². The Morgan fingerprint density at radius 2 is 2.04 bits per heavy atom. The third kappa shape index (κ3) is 4.25. The Morgan fingerprint density at radius 1 is 1.31 bits per heavy atom. The van der Waals surface area contributed by atoms with Crippen molar-refractivity contribution in [2.24, 2.45) is 13.0 Å². The number of carbonyl (C=O) groups excluding carboxylic acids is 2. The number of aromatic nitrogens is 2. The van der Waals surface area contributed by atoms with Gasteiger partial charge in [-0.1, -0.05) is 11.6 Å². The van der Waals surface area contributed by atoms with Crippen molar-refractivity contribution in [3.8, 4) is 0 Å². The topological polar surface area (TPSA) is 58.4 Å². The largest absolute Gasteiger partial charge is 0.341 e. The van der Waals surface area contributed by atoms with Gasteiger partial charge in [-0.15, -0.1) is 0 Å². The Bertz CT molecular complexity index is 787. The van der Waals surface area contributed by atoms with Gasteiger partial charge in [0.2, 0.25) is 5.91 Å². The molecule has 1 aromatic carbocycles. The third-order valence-electron chi connectivity index (χ3n) is 4.70. The van der Waals surface area contributed by atoms with E-state index in [2.05, 4.69) is 5.10 Å². The fourth-order valence-electron chi connectivity index (χ4n) is 3.36. The molecule has 0 spiro atoms. The molecule has 2 amide bonds. The van der Waals surface area contributed by atoms with Crippen molar-refractivity contribution >= 4 is 23.4 Å². The van der Waals surface area contributed by atoms with Gasteiger partial charge in [0.25, 0.3) is 5.91 Å². The van der Waals surface area contributed by atoms with Gasteiger partial charge in [0.1, 0.15) is 0 Å². The SMILES string of the molecule is CN(Cc1cnn(C)c1)C(=O)C1CCCN(C(=O)c2ccc(Cl)cc2)C1. The van der Waals surface area contributed by atoms with Crippen molar-refractivity contribution in [2.45, 2.75) is 19.4 Å². The summed E-state index contributed by atoms with van der Waals surface area (Å²) in [4.78, 5) is 29.0. The molecule has 1 unspecified atom stereocenters. The molecule has 0 N–H and O–H groups in total. The van der Waals surface area contributed by atoms with E-state index in [0.29, 0.717) is 30.2 Å². The fourth-order valence-corrected chi connectivity index (χ4v) is 3.48. The molecular weight excluding hydrogens is 352 g/mol. The maximum atomic E-state index is 12.8. The average Bonchev–Trinajstić information content (AvgIpc) is 3.06. The smallest absolute Gasteiger partial charge is 0.253 e. The number of carbonyl (C=O) groups is 2. The lowest BCUT2D eigenvalue weighted by Gasteiger charge is -2.34. The molecule has 1 aromatic heterocycles. The second-order valence-electron chi connectivity index (χ2n) is 6.81. The van der Waals surface area contributed by atoms with E-state index in [1.807, 2.05) is 13.2 Å². The standard InChI is InChI=1S/C19H23ClN4O2/c1-22(11-14-10-21-23(2)12-14)18(25)16-4-3-9-24(13-16)19(26)15-5-7-17(20)8-6-15/h5-8,10,12,16H,3-4,9,11,13H2,1-2H3. The van der Waals surface area contributed by atoms with Gasteiger partial charge in [-0.3, -0.25) is 14.3 Å². The van der Waals surface area contributed by atoms with Crippen LogP contribution in [0, 0.1) is 5.92 Å². The van der Waals surface area contributed by atoms with Crippen molar-refractivity contribution in [3.63, 3.8) is 0 Å². The highest BCUT2D eigenvalue weighted by atomic mass is 35.5. The van der Waals surface area contributed by atoms with Crippen LogP contribution < -0.4 is 0 Å². The summed E-state index contributed by atoms with van der Waals surface area (Å²) >= 11 is 5.89. The molecule has 1 fully saturated rings. The molecule has 1 saturated heterocycles. The van der Waals surface area contributed by atoms with Crippen molar-refractivity contribution in [2.75, 3.05) is 20.1 Å². The van der Waals surface area contributed by atoms with Crippen LogP contribution in [0.15, 0.2) is 36.7 Å². The molecule has 2 heterocycles. The molecule has 26 heavy (non-hydrogen) atoms. The van der Waals surface area contributed by atoms with E-state index in [9.17, 15) is 9.59 Å². The van der Waals surface area contributed by atoms with Crippen molar-refractivity contribution in [3.05, 3.63) is 52.8 Å². The van der Waals surface area contributed by atoms with Gasteiger partial charge < -0.3 is 9.80 Å². The van der Waals surface area contributed by atoms with Gasteiger partial charge in [-0.25, -0.2) is 0 Å². The van der Waals surface area contributed by atoms with E-state index in [1.54, 1.807) is 52.0 Å². The normalized spacial score (nSPS) is 17.2. The monoisotopic (exact) mass is 374 g/mol. The Balaban J connectivity index is 1.62. The van der Waals surface area contributed by atoms with E-state index in [1.165, 1.54) is 0 Å². The van der Waals surface area contributed by atoms with Crippen LogP contribution in [0.4, 0.5) is 0 Å². The molecule has 0 bridgehead atoms. The summed E-state index contributed by atoms with van der Waals surface area (Å²) in [6, 6.07) is 6.88. The second kappa shape index (κ2) is 7.91. The first-order chi connectivity index (χ1) is 12.4. The number of rotatable bonds is 4. The van der Waals surface area contributed by atoms with Gasteiger partial charge in [-0.05, 0) is 37.1 Å². The molecule has 7 heteroatoms. The number of benzene rings is 1. The van der Waals surface area contributed by atoms with Crippen LogP contribution in [-0.4, -0.2) is 51.5 Å². The molecule has 1 atom stereocenters. The molecule has 1 aliphatic heterocycles. The predicted molar refractivity (Wildman–Crippen MR) is 99.8 cm³/mol. The Morgan fingerprint density at radius 3 is 2.69 bits per heavy atom. The zero-order valence-corrected chi connectivity index (χ0v) is 15.8. The fraction of sp³-hybridized carbons (Fsp3) is 0.421. The minimum absolute atomic E-state index is 0.0471. The third-order valence-corrected chi connectivity index (χ3v) is 4.96. The summed E-state index contributed by atoms with van der Waals surface area (Å²) in [5.74, 6) is -0.141. The lowest BCUT2D eigenvalue weighted by atomic mass is 9.96. The quantitative estimate of drug-likeness (QED) is 0.826. The number of likely N-dealkylation sites (tertiary alicyclic amines) is 1. The lowest BCUT2D eigenvalue weighted by molar-refractivity contribution is -0.136. The van der Waals surface area contributed by atoms with Crippen LogP contribution in [0.3, 0.4) is 0 Å². The van der Waals surface area contributed by atoms with Crippen molar-refractivity contribution in [1.82, 2.24) is 19.6 Å². The number of nitrogens with zero attached hydrogens (tertiary/aromatic N) is 4. The summed E-state index contributed by atoms with van der Waals surface area (Å²) in [5, 5.41) is 4.74. The van der Waals surface area contributed by atoms with E-state index in [-0.39, 0.29) is 17.7 Å². The molecule has 0 aliphatic carbocycles. The number of hydrogen-bond donors (Lipinski definition) is 0. The van der Waals surface area contributed by atoms with E-state index in [4.69, 9.17) is 11.6 Å².